The largest absolute Gasteiger partial charge is 0.480 e. The quantitative estimate of drug-likeness (QED) is 0.536. The maximum Gasteiger partial charge on any atom is 0.325 e. The van der Waals surface area contributed by atoms with E-state index in [1.807, 2.05) is 0 Å². The van der Waals surface area contributed by atoms with Crippen molar-refractivity contribution < 1.29 is 14.7 Å². The number of nitrogens with one attached hydrogen (secondary N) is 2. The van der Waals surface area contributed by atoms with E-state index >= 15 is 0 Å². The normalized spacial score (nSPS) is 11.4. The van der Waals surface area contributed by atoms with Crippen LogP contribution < -0.4 is 10.6 Å². The first-order valence-electron chi connectivity index (χ1n) is 2.98. The van der Waals surface area contributed by atoms with Gasteiger partial charge in [0.2, 0.25) is 0 Å². The molecule has 0 aromatic heterocycles. The molecule has 0 aromatic carbocycles. The van der Waals surface area contributed by atoms with Crippen molar-refractivity contribution in [3.8, 4) is 0 Å². The number of hydrogen-bond donors (Lipinski definition) is 3. The van der Waals surface area contributed by atoms with E-state index in [1.165, 1.54) is 13.1 Å². The molecule has 5 nitrogen and oxygen atoms in total. The molecule has 0 saturated heterocycles. The summed E-state index contributed by atoms with van der Waals surface area (Å²) >= 11 is 0. The fourth-order valence-electron chi connectivity index (χ4n) is 0.393. The van der Waals surface area contributed by atoms with Crippen LogP contribution in [0.3, 0.4) is 0 Å². The molecule has 1 unspecified atom stereocenters. The molecule has 0 aliphatic rings. The molecule has 0 spiro atoms. The molecule has 62 valence electrons. The average Bonchev–Trinajstić information content (AvgIpc) is 1.87. The number of aliphatic carboxylic acids is 1. The molecule has 5 heteroatoms. The molecule has 0 heterocycles. The van der Waals surface area contributed by atoms with Gasteiger partial charge in [0.15, 0.2) is 0 Å². The molecule has 11 heavy (non-hydrogen) atoms. The zero-order chi connectivity index (χ0) is 8.85. The number of carbonyl (C=O) groups excluding carboxylic acids is 1. The molecule has 0 aromatic rings. The Morgan fingerprint density at radius 1 is 1.64 bits per heavy atom. The maximum atomic E-state index is 10.6. The summed E-state index contributed by atoms with van der Waals surface area (Å²) in [6, 6.07) is -1.47. The minimum absolute atomic E-state index is 0.574. The zero-order valence-electron chi connectivity index (χ0n) is 6.13. The third kappa shape index (κ3) is 3.96. The lowest BCUT2D eigenvalue weighted by atomic mass is 10.3. The van der Waals surface area contributed by atoms with E-state index in [0.29, 0.717) is 0 Å². The van der Waals surface area contributed by atoms with Crippen molar-refractivity contribution in [3.63, 3.8) is 0 Å². The minimum Gasteiger partial charge on any atom is -0.480 e. The van der Waals surface area contributed by atoms with E-state index in [4.69, 9.17) is 5.11 Å². The molecule has 0 radical (unpaired) electrons. The molecule has 0 fully saturated rings. The Morgan fingerprint density at radius 3 is 2.55 bits per heavy atom. The Hall–Kier alpha value is -1.52. The van der Waals surface area contributed by atoms with Gasteiger partial charge in [-0.15, -0.1) is 0 Å². The molecule has 0 rings (SSSR count). The third-order valence-corrected chi connectivity index (χ3v) is 0.951. The second kappa shape index (κ2) is 4.32. The van der Waals surface area contributed by atoms with Crippen molar-refractivity contribution >= 4 is 12.0 Å². The summed E-state index contributed by atoms with van der Waals surface area (Å²) in [5, 5.41) is 12.7. The molecule has 0 bridgehead atoms. The first-order chi connectivity index (χ1) is 5.07. The molecule has 2 amide bonds. The first-order valence-corrected chi connectivity index (χ1v) is 2.98. The van der Waals surface area contributed by atoms with E-state index in [9.17, 15) is 9.59 Å². The van der Waals surface area contributed by atoms with Gasteiger partial charge in [-0.3, -0.25) is 4.79 Å². The van der Waals surface area contributed by atoms with Crippen LogP contribution in [0, 0.1) is 0 Å². The van der Waals surface area contributed by atoms with Crippen LogP contribution in [0.2, 0.25) is 0 Å². The standard InChI is InChI=1S/C6H10N2O3/c1-3-7-6(11)8-4(2)5(9)10/h3-4H,1H2,2H3,(H,9,10)(H2,7,8,11). The van der Waals surface area contributed by atoms with Crippen LogP contribution in [-0.4, -0.2) is 23.1 Å². The van der Waals surface area contributed by atoms with Gasteiger partial charge in [0.25, 0.3) is 0 Å². The van der Waals surface area contributed by atoms with Gasteiger partial charge in [-0.05, 0) is 13.1 Å². The van der Waals surface area contributed by atoms with Gasteiger partial charge in [-0.25, -0.2) is 4.79 Å². The smallest absolute Gasteiger partial charge is 0.325 e. The maximum absolute atomic E-state index is 10.6. The highest BCUT2D eigenvalue weighted by Crippen LogP contribution is 1.79. The summed E-state index contributed by atoms with van der Waals surface area (Å²) < 4.78 is 0. The summed E-state index contributed by atoms with van der Waals surface area (Å²) in [5.41, 5.74) is 0. The monoisotopic (exact) mass is 158 g/mol. The van der Waals surface area contributed by atoms with Gasteiger partial charge in [0.1, 0.15) is 6.04 Å². The van der Waals surface area contributed by atoms with Crippen LogP contribution in [0.15, 0.2) is 12.8 Å². The van der Waals surface area contributed by atoms with Crippen LogP contribution >= 0.6 is 0 Å². The molecule has 0 saturated carbocycles. The van der Waals surface area contributed by atoms with Crippen molar-refractivity contribution in [2.75, 3.05) is 0 Å². The second-order valence-corrected chi connectivity index (χ2v) is 1.88. The summed E-state index contributed by atoms with van der Waals surface area (Å²) in [7, 11) is 0. The molecule has 0 aliphatic carbocycles. The van der Waals surface area contributed by atoms with Crippen LogP contribution in [0.5, 0.6) is 0 Å². The Balaban J connectivity index is 3.74. The van der Waals surface area contributed by atoms with Crippen LogP contribution in [-0.2, 0) is 4.79 Å². The fraction of sp³-hybridized carbons (Fsp3) is 0.333. The van der Waals surface area contributed by atoms with E-state index in [0.717, 1.165) is 0 Å². The molecule has 1 atom stereocenters. The highest BCUT2D eigenvalue weighted by molar-refractivity contribution is 5.82. The molecular formula is C6H10N2O3. The summed E-state index contributed by atoms with van der Waals surface area (Å²) in [5.74, 6) is -1.08. The Labute approximate surface area is 64.1 Å². The highest BCUT2D eigenvalue weighted by atomic mass is 16.4. The van der Waals surface area contributed by atoms with Crippen LogP contribution in [0.4, 0.5) is 4.79 Å². The molecule has 0 aliphatic heterocycles. The number of amides is 2. The third-order valence-electron chi connectivity index (χ3n) is 0.951. The summed E-state index contributed by atoms with van der Waals surface area (Å²) in [4.78, 5) is 20.8. The second-order valence-electron chi connectivity index (χ2n) is 1.88. The lowest BCUT2D eigenvalue weighted by Crippen LogP contribution is -2.42. The van der Waals surface area contributed by atoms with Crippen LogP contribution in [0.25, 0.3) is 0 Å². The number of carbonyl (C=O) groups is 2. The van der Waals surface area contributed by atoms with Gasteiger partial charge < -0.3 is 15.7 Å². The molecule has 3 N–H and O–H groups in total. The average molecular weight is 158 g/mol. The SMILES string of the molecule is C=CNC(=O)NC(C)C(=O)O. The van der Waals surface area contributed by atoms with Crippen molar-refractivity contribution in [1.82, 2.24) is 10.6 Å². The van der Waals surface area contributed by atoms with Crippen molar-refractivity contribution in [3.05, 3.63) is 12.8 Å². The van der Waals surface area contributed by atoms with Gasteiger partial charge >= 0.3 is 12.0 Å². The molecular weight excluding hydrogens is 148 g/mol. The number of carboxylic acid groups (broad SMARTS) is 1. The number of hydrogen-bond acceptors (Lipinski definition) is 2. The van der Waals surface area contributed by atoms with Gasteiger partial charge in [0.05, 0.1) is 0 Å². The minimum atomic E-state index is -1.08. The van der Waals surface area contributed by atoms with Gasteiger partial charge in [-0.1, -0.05) is 6.58 Å². The van der Waals surface area contributed by atoms with Gasteiger partial charge in [-0.2, -0.15) is 0 Å². The number of carboxylic acids is 1. The summed E-state index contributed by atoms with van der Waals surface area (Å²) in [6.45, 7) is 4.60. The van der Waals surface area contributed by atoms with Gasteiger partial charge in [0, 0.05) is 0 Å². The van der Waals surface area contributed by atoms with E-state index in [1.54, 1.807) is 0 Å². The lowest BCUT2D eigenvalue weighted by molar-refractivity contribution is -0.138. The number of rotatable bonds is 3. The summed E-state index contributed by atoms with van der Waals surface area (Å²) in [6.07, 6.45) is 1.17. The highest BCUT2D eigenvalue weighted by Gasteiger charge is 2.11. The topological polar surface area (TPSA) is 78.4 Å². The van der Waals surface area contributed by atoms with Crippen molar-refractivity contribution in [2.45, 2.75) is 13.0 Å². The van der Waals surface area contributed by atoms with Crippen molar-refractivity contribution in [2.24, 2.45) is 0 Å². The number of urea groups is 1. The van der Waals surface area contributed by atoms with E-state index in [2.05, 4.69) is 17.2 Å². The Kier molecular flexibility index (Phi) is 3.72. The lowest BCUT2D eigenvalue weighted by Gasteiger charge is -2.07. The predicted molar refractivity (Wildman–Crippen MR) is 39.0 cm³/mol. The Bertz CT molecular complexity index is 179. The predicted octanol–water partition coefficient (Wildman–Crippen LogP) is -0.0978. The van der Waals surface area contributed by atoms with E-state index in [-0.39, 0.29) is 0 Å². The zero-order valence-corrected chi connectivity index (χ0v) is 6.13. The fourth-order valence-corrected chi connectivity index (χ4v) is 0.393. The van der Waals surface area contributed by atoms with Crippen molar-refractivity contribution in [1.29, 1.82) is 0 Å². The first kappa shape index (κ1) is 9.48. The van der Waals surface area contributed by atoms with Crippen LogP contribution in [0.1, 0.15) is 6.92 Å². The van der Waals surface area contributed by atoms with E-state index < -0.39 is 18.0 Å². The Morgan fingerprint density at radius 2 is 2.18 bits per heavy atom.